The van der Waals surface area contributed by atoms with Gasteiger partial charge in [0, 0.05) is 37.4 Å². The number of benzene rings is 2. The van der Waals surface area contributed by atoms with Crippen molar-refractivity contribution in [3.63, 3.8) is 0 Å². The van der Waals surface area contributed by atoms with Crippen molar-refractivity contribution in [1.29, 1.82) is 0 Å². The van der Waals surface area contributed by atoms with Gasteiger partial charge in [-0.25, -0.2) is 0 Å². The molecule has 1 aliphatic rings. The van der Waals surface area contributed by atoms with Gasteiger partial charge in [-0.15, -0.1) is 0 Å². The molecule has 0 saturated heterocycles. The maximum atomic E-state index is 3.48. The second kappa shape index (κ2) is 4.73. The first kappa shape index (κ1) is 11.1. The zero-order valence-corrected chi connectivity index (χ0v) is 10.6. The number of hydrogen-bond donors (Lipinski definition) is 1. The van der Waals surface area contributed by atoms with E-state index in [9.17, 15) is 0 Å². The summed E-state index contributed by atoms with van der Waals surface area (Å²) in [6, 6.07) is 19.2. The van der Waals surface area contributed by atoms with E-state index in [0.29, 0.717) is 5.92 Å². The molecule has 0 saturated carbocycles. The highest BCUT2D eigenvalue weighted by Crippen LogP contribution is 2.32. The van der Waals surface area contributed by atoms with E-state index in [-0.39, 0.29) is 0 Å². The van der Waals surface area contributed by atoms with Crippen LogP contribution in [0.1, 0.15) is 11.5 Å². The number of hydrogen-bond acceptors (Lipinski definition) is 2. The SMILES string of the molecule is CN(CC1CNc2ccccc21)c1ccccc1. The summed E-state index contributed by atoms with van der Waals surface area (Å²) in [6.07, 6.45) is 0. The minimum atomic E-state index is 0.575. The molecule has 0 fully saturated rings. The molecule has 3 rings (SSSR count). The minimum Gasteiger partial charge on any atom is -0.384 e. The van der Waals surface area contributed by atoms with E-state index in [4.69, 9.17) is 0 Å². The Kier molecular flexibility index (Phi) is 2.93. The van der Waals surface area contributed by atoms with Crippen molar-refractivity contribution in [1.82, 2.24) is 0 Å². The molecular formula is C16H18N2. The van der Waals surface area contributed by atoms with Gasteiger partial charge < -0.3 is 10.2 Å². The first-order valence-corrected chi connectivity index (χ1v) is 6.43. The number of nitrogens with zero attached hydrogens (tertiary/aromatic N) is 1. The fraction of sp³-hybridized carbons (Fsp3) is 0.250. The lowest BCUT2D eigenvalue weighted by atomic mass is 10.0. The zero-order chi connectivity index (χ0) is 12.4. The van der Waals surface area contributed by atoms with Crippen molar-refractivity contribution in [2.45, 2.75) is 5.92 Å². The van der Waals surface area contributed by atoms with Gasteiger partial charge in [-0.1, -0.05) is 36.4 Å². The van der Waals surface area contributed by atoms with E-state index in [1.54, 1.807) is 0 Å². The molecular weight excluding hydrogens is 220 g/mol. The van der Waals surface area contributed by atoms with Gasteiger partial charge in [0.05, 0.1) is 0 Å². The molecule has 1 heterocycles. The van der Waals surface area contributed by atoms with Crippen molar-refractivity contribution >= 4 is 11.4 Å². The molecule has 0 aromatic heterocycles. The van der Waals surface area contributed by atoms with Gasteiger partial charge in [0.15, 0.2) is 0 Å². The first-order chi connectivity index (χ1) is 8.84. The molecule has 0 amide bonds. The summed E-state index contributed by atoms with van der Waals surface area (Å²) < 4.78 is 0. The molecule has 1 atom stereocenters. The van der Waals surface area contributed by atoms with Crippen LogP contribution in [-0.4, -0.2) is 20.1 Å². The van der Waals surface area contributed by atoms with Crippen LogP contribution < -0.4 is 10.2 Å². The number of nitrogens with one attached hydrogen (secondary N) is 1. The Balaban J connectivity index is 1.75. The van der Waals surface area contributed by atoms with Gasteiger partial charge in [0.2, 0.25) is 0 Å². The third-order valence-electron chi connectivity index (χ3n) is 3.63. The van der Waals surface area contributed by atoms with Crippen molar-refractivity contribution in [2.75, 3.05) is 30.4 Å². The van der Waals surface area contributed by atoms with Crippen LogP contribution in [0.2, 0.25) is 0 Å². The monoisotopic (exact) mass is 238 g/mol. The summed E-state index contributed by atoms with van der Waals surface area (Å²) in [5.41, 5.74) is 4.02. The van der Waals surface area contributed by atoms with Crippen LogP contribution in [0.5, 0.6) is 0 Å². The van der Waals surface area contributed by atoms with E-state index in [1.165, 1.54) is 16.9 Å². The van der Waals surface area contributed by atoms with Crippen LogP contribution in [0.4, 0.5) is 11.4 Å². The van der Waals surface area contributed by atoms with Crippen molar-refractivity contribution in [3.8, 4) is 0 Å². The lowest BCUT2D eigenvalue weighted by molar-refractivity contribution is 0.728. The van der Waals surface area contributed by atoms with Crippen LogP contribution in [0.15, 0.2) is 54.6 Å². The zero-order valence-electron chi connectivity index (χ0n) is 10.6. The second-order valence-electron chi connectivity index (χ2n) is 4.88. The maximum absolute atomic E-state index is 3.48. The quantitative estimate of drug-likeness (QED) is 0.882. The van der Waals surface area contributed by atoms with Crippen LogP contribution >= 0.6 is 0 Å². The number of para-hydroxylation sites is 2. The lowest BCUT2D eigenvalue weighted by Crippen LogP contribution is -2.25. The molecule has 92 valence electrons. The standard InChI is InChI=1S/C16H18N2/c1-18(14-7-3-2-4-8-14)12-13-11-17-16-10-6-5-9-15(13)16/h2-10,13,17H,11-12H2,1H3. The molecule has 0 radical (unpaired) electrons. The Hall–Kier alpha value is -1.96. The lowest BCUT2D eigenvalue weighted by Gasteiger charge is -2.23. The average molecular weight is 238 g/mol. The van der Waals surface area contributed by atoms with Gasteiger partial charge in [0.1, 0.15) is 0 Å². The molecule has 2 heteroatoms. The van der Waals surface area contributed by atoms with Gasteiger partial charge in [-0.05, 0) is 23.8 Å². The number of likely N-dealkylation sites (N-methyl/N-ethyl adjacent to an activating group) is 1. The number of rotatable bonds is 3. The van der Waals surface area contributed by atoms with E-state index in [1.807, 2.05) is 0 Å². The van der Waals surface area contributed by atoms with Gasteiger partial charge >= 0.3 is 0 Å². The minimum absolute atomic E-state index is 0.575. The van der Waals surface area contributed by atoms with Crippen LogP contribution in [0.25, 0.3) is 0 Å². The van der Waals surface area contributed by atoms with E-state index < -0.39 is 0 Å². The smallest absolute Gasteiger partial charge is 0.0377 e. The summed E-state index contributed by atoms with van der Waals surface area (Å²) >= 11 is 0. The fourth-order valence-electron chi connectivity index (χ4n) is 2.64. The normalized spacial score (nSPS) is 17.1. The number of anilines is 2. The molecule has 18 heavy (non-hydrogen) atoms. The predicted molar refractivity (Wildman–Crippen MR) is 77.4 cm³/mol. The van der Waals surface area contributed by atoms with Crippen molar-refractivity contribution in [3.05, 3.63) is 60.2 Å². The van der Waals surface area contributed by atoms with Crippen LogP contribution in [-0.2, 0) is 0 Å². The van der Waals surface area contributed by atoms with Gasteiger partial charge in [-0.2, -0.15) is 0 Å². The number of fused-ring (bicyclic) bond motifs is 1. The van der Waals surface area contributed by atoms with Crippen LogP contribution in [0, 0.1) is 0 Å². The molecule has 0 bridgehead atoms. The highest BCUT2D eigenvalue weighted by molar-refractivity contribution is 5.58. The Morgan fingerprint density at radius 3 is 2.61 bits per heavy atom. The highest BCUT2D eigenvalue weighted by Gasteiger charge is 2.22. The Morgan fingerprint density at radius 2 is 1.78 bits per heavy atom. The summed E-state index contributed by atoms with van der Waals surface area (Å²) in [5, 5.41) is 3.48. The van der Waals surface area contributed by atoms with Gasteiger partial charge in [0.25, 0.3) is 0 Å². The molecule has 0 spiro atoms. The Morgan fingerprint density at radius 1 is 1.06 bits per heavy atom. The molecule has 1 aliphatic heterocycles. The molecule has 2 aromatic rings. The molecule has 2 nitrogen and oxygen atoms in total. The van der Waals surface area contributed by atoms with E-state index >= 15 is 0 Å². The Labute approximate surface area is 108 Å². The van der Waals surface area contributed by atoms with Gasteiger partial charge in [-0.3, -0.25) is 0 Å². The summed E-state index contributed by atoms with van der Waals surface area (Å²) in [4.78, 5) is 2.33. The largest absolute Gasteiger partial charge is 0.384 e. The third-order valence-corrected chi connectivity index (χ3v) is 3.63. The topological polar surface area (TPSA) is 15.3 Å². The highest BCUT2D eigenvalue weighted by atomic mass is 15.1. The van der Waals surface area contributed by atoms with E-state index in [0.717, 1.165) is 13.1 Å². The Bertz CT molecular complexity index is 522. The van der Waals surface area contributed by atoms with Crippen molar-refractivity contribution in [2.24, 2.45) is 0 Å². The van der Waals surface area contributed by atoms with Crippen LogP contribution in [0.3, 0.4) is 0 Å². The van der Waals surface area contributed by atoms with E-state index in [2.05, 4.69) is 71.9 Å². The summed E-state index contributed by atoms with van der Waals surface area (Å²) in [6.45, 7) is 2.09. The maximum Gasteiger partial charge on any atom is 0.0377 e. The molecule has 1 N–H and O–H groups in total. The third kappa shape index (κ3) is 2.06. The summed E-state index contributed by atoms with van der Waals surface area (Å²) in [5.74, 6) is 0.575. The molecule has 0 aliphatic carbocycles. The fourth-order valence-corrected chi connectivity index (χ4v) is 2.64. The molecule has 2 aromatic carbocycles. The molecule has 1 unspecified atom stereocenters. The predicted octanol–water partition coefficient (Wildman–Crippen LogP) is 3.33. The second-order valence-corrected chi connectivity index (χ2v) is 4.88. The average Bonchev–Trinajstić information content (AvgIpc) is 2.83. The first-order valence-electron chi connectivity index (χ1n) is 6.43. The van der Waals surface area contributed by atoms with Crippen molar-refractivity contribution < 1.29 is 0 Å². The summed E-state index contributed by atoms with van der Waals surface area (Å²) in [7, 11) is 2.16.